The molecule has 0 bridgehead atoms. The Bertz CT molecular complexity index is 1140. The topological polar surface area (TPSA) is 86.8 Å². The average molecular weight is 536 g/mol. The van der Waals surface area contributed by atoms with Crippen LogP contribution in [-0.4, -0.2) is 49.5 Å². The molecule has 0 spiro atoms. The van der Waals surface area contributed by atoms with Gasteiger partial charge in [-0.3, -0.25) is 13.9 Å². The van der Waals surface area contributed by atoms with Crippen molar-refractivity contribution in [1.82, 2.24) is 10.2 Å². The Morgan fingerprint density at radius 2 is 1.72 bits per heavy atom. The molecule has 2 aromatic rings. The minimum atomic E-state index is -3.53. The summed E-state index contributed by atoms with van der Waals surface area (Å²) in [6.45, 7) is 9.87. The highest BCUT2D eigenvalue weighted by Crippen LogP contribution is 2.21. The molecule has 0 aromatic heterocycles. The number of hydrogen-bond donors (Lipinski definition) is 1. The van der Waals surface area contributed by atoms with Crippen LogP contribution in [0, 0.1) is 6.92 Å². The van der Waals surface area contributed by atoms with Gasteiger partial charge in [-0.05, 0) is 75.9 Å². The van der Waals surface area contributed by atoms with E-state index < -0.39 is 21.6 Å². The van der Waals surface area contributed by atoms with Gasteiger partial charge in [-0.25, -0.2) is 8.42 Å². The van der Waals surface area contributed by atoms with Gasteiger partial charge in [-0.15, -0.1) is 0 Å². The predicted molar refractivity (Wildman–Crippen MR) is 147 cm³/mol. The second kappa shape index (κ2) is 12.6. The summed E-state index contributed by atoms with van der Waals surface area (Å²) in [5.74, 6) is -0.427. The van der Waals surface area contributed by atoms with Crippen molar-refractivity contribution in [2.24, 2.45) is 0 Å². The summed E-state index contributed by atoms with van der Waals surface area (Å²) in [6.07, 6.45) is 2.02. The van der Waals surface area contributed by atoms with Crippen molar-refractivity contribution in [3.8, 4) is 0 Å². The van der Waals surface area contributed by atoms with Crippen LogP contribution >= 0.6 is 11.6 Å². The Morgan fingerprint density at radius 1 is 1.08 bits per heavy atom. The molecule has 0 saturated heterocycles. The molecular formula is C27H38ClN3O4S. The lowest BCUT2D eigenvalue weighted by molar-refractivity contribution is -0.142. The molecule has 36 heavy (non-hydrogen) atoms. The monoisotopic (exact) mass is 535 g/mol. The third-order valence-corrected chi connectivity index (χ3v) is 7.04. The lowest BCUT2D eigenvalue weighted by Gasteiger charge is -2.33. The van der Waals surface area contributed by atoms with Crippen LogP contribution in [0.5, 0.6) is 0 Å². The first-order chi connectivity index (χ1) is 16.7. The fraction of sp³-hybridized carbons (Fsp3) is 0.481. The molecule has 0 aliphatic rings. The van der Waals surface area contributed by atoms with Gasteiger partial charge in [-0.1, -0.05) is 42.8 Å². The number of nitrogens with zero attached hydrogens (tertiary/aromatic N) is 2. The SMILES string of the molecule is CC[C@H](C(=O)NC(C)(C)C)N(Cc1ccc(Cl)cc1)C(=O)CCCN(c1cccc(C)c1)S(C)(=O)=O. The van der Waals surface area contributed by atoms with Crippen LogP contribution in [0.2, 0.25) is 5.02 Å². The van der Waals surface area contributed by atoms with E-state index in [9.17, 15) is 18.0 Å². The highest BCUT2D eigenvalue weighted by atomic mass is 35.5. The van der Waals surface area contributed by atoms with Gasteiger partial charge in [0.05, 0.1) is 11.9 Å². The second-order valence-electron chi connectivity index (χ2n) is 10.1. The number of aryl methyl sites for hydroxylation is 1. The third kappa shape index (κ3) is 9.13. The van der Waals surface area contributed by atoms with Crippen molar-refractivity contribution >= 4 is 39.1 Å². The van der Waals surface area contributed by atoms with Crippen LogP contribution in [0.4, 0.5) is 5.69 Å². The molecule has 1 atom stereocenters. The number of amides is 2. The van der Waals surface area contributed by atoms with E-state index >= 15 is 0 Å². The maximum Gasteiger partial charge on any atom is 0.243 e. The molecule has 0 fully saturated rings. The molecule has 7 nitrogen and oxygen atoms in total. The zero-order valence-electron chi connectivity index (χ0n) is 22.0. The first-order valence-corrected chi connectivity index (χ1v) is 14.3. The van der Waals surface area contributed by atoms with Crippen molar-refractivity contribution in [3.05, 3.63) is 64.7 Å². The summed E-state index contributed by atoms with van der Waals surface area (Å²) in [5.41, 5.74) is 1.93. The molecule has 9 heteroatoms. The number of sulfonamides is 1. The van der Waals surface area contributed by atoms with Gasteiger partial charge in [0.25, 0.3) is 0 Å². The second-order valence-corrected chi connectivity index (χ2v) is 12.4. The number of hydrogen-bond acceptors (Lipinski definition) is 4. The zero-order valence-corrected chi connectivity index (χ0v) is 23.6. The number of rotatable bonds is 11. The van der Waals surface area contributed by atoms with Crippen molar-refractivity contribution in [2.45, 2.75) is 72.0 Å². The summed E-state index contributed by atoms with van der Waals surface area (Å²) in [4.78, 5) is 28.1. The summed E-state index contributed by atoms with van der Waals surface area (Å²) >= 11 is 6.02. The Hall–Kier alpha value is -2.58. The highest BCUT2D eigenvalue weighted by Gasteiger charge is 2.30. The average Bonchev–Trinajstić information content (AvgIpc) is 2.75. The fourth-order valence-electron chi connectivity index (χ4n) is 3.95. The van der Waals surface area contributed by atoms with Crippen LogP contribution in [0.3, 0.4) is 0 Å². The predicted octanol–water partition coefficient (Wildman–Crippen LogP) is 4.92. The molecule has 2 rings (SSSR count). The first-order valence-electron chi connectivity index (χ1n) is 12.1. The van der Waals surface area contributed by atoms with Gasteiger partial charge in [0.2, 0.25) is 21.8 Å². The summed E-state index contributed by atoms with van der Waals surface area (Å²) in [7, 11) is -3.53. The van der Waals surface area contributed by atoms with Gasteiger partial charge in [0.1, 0.15) is 6.04 Å². The Balaban J connectivity index is 2.23. The van der Waals surface area contributed by atoms with E-state index in [1.807, 2.05) is 58.9 Å². The van der Waals surface area contributed by atoms with Crippen molar-refractivity contribution in [2.75, 3.05) is 17.1 Å². The minimum Gasteiger partial charge on any atom is -0.350 e. The zero-order chi connectivity index (χ0) is 27.1. The number of anilines is 1. The van der Waals surface area contributed by atoms with Crippen molar-refractivity contribution in [3.63, 3.8) is 0 Å². The molecule has 0 aliphatic carbocycles. The molecule has 0 heterocycles. The number of benzene rings is 2. The largest absolute Gasteiger partial charge is 0.350 e. The Labute approximate surface area is 220 Å². The molecule has 0 saturated carbocycles. The van der Waals surface area contributed by atoms with Gasteiger partial charge < -0.3 is 10.2 Å². The normalized spacial score (nSPS) is 12.6. The van der Waals surface area contributed by atoms with E-state index in [0.29, 0.717) is 23.6 Å². The molecular weight excluding hydrogens is 498 g/mol. The number of halogens is 1. The molecule has 0 unspecified atom stereocenters. The van der Waals surface area contributed by atoms with Crippen LogP contribution in [0.15, 0.2) is 48.5 Å². The Morgan fingerprint density at radius 3 is 2.25 bits per heavy atom. The van der Waals surface area contributed by atoms with E-state index in [1.54, 1.807) is 29.2 Å². The number of carbonyl (C=O) groups is 2. The van der Waals surface area contributed by atoms with E-state index in [0.717, 1.165) is 17.4 Å². The molecule has 1 N–H and O–H groups in total. The lowest BCUT2D eigenvalue weighted by Crippen LogP contribution is -2.53. The number of carbonyl (C=O) groups excluding carboxylic acids is 2. The molecule has 0 radical (unpaired) electrons. The van der Waals surface area contributed by atoms with Crippen LogP contribution in [0.25, 0.3) is 0 Å². The number of nitrogens with one attached hydrogen (secondary N) is 1. The quantitative estimate of drug-likeness (QED) is 0.442. The third-order valence-electron chi connectivity index (χ3n) is 5.59. The highest BCUT2D eigenvalue weighted by molar-refractivity contribution is 7.92. The molecule has 198 valence electrons. The van der Waals surface area contributed by atoms with Crippen molar-refractivity contribution < 1.29 is 18.0 Å². The van der Waals surface area contributed by atoms with Crippen LogP contribution < -0.4 is 9.62 Å². The van der Waals surface area contributed by atoms with Crippen LogP contribution in [0.1, 0.15) is 58.1 Å². The van der Waals surface area contributed by atoms with E-state index in [-0.39, 0.29) is 31.3 Å². The van der Waals surface area contributed by atoms with Gasteiger partial charge >= 0.3 is 0 Å². The van der Waals surface area contributed by atoms with Crippen LogP contribution in [-0.2, 0) is 26.2 Å². The minimum absolute atomic E-state index is 0.102. The summed E-state index contributed by atoms with van der Waals surface area (Å²) < 4.78 is 26.2. The van der Waals surface area contributed by atoms with Gasteiger partial charge in [0, 0.05) is 30.1 Å². The first kappa shape index (κ1) is 29.6. The maximum absolute atomic E-state index is 13.5. The lowest BCUT2D eigenvalue weighted by atomic mass is 10.0. The van der Waals surface area contributed by atoms with Crippen molar-refractivity contribution in [1.29, 1.82) is 0 Å². The smallest absolute Gasteiger partial charge is 0.243 e. The molecule has 2 aromatic carbocycles. The van der Waals surface area contributed by atoms with E-state index in [1.165, 1.54) is 4.31 Å². The fourth-order valence-corrected chi connectivity index (χ4v) is 5.03. The standard InChI is InChI=1S/C27H38ClN3O4S/c1-7-24(26(33)29-27(3,4)5)30(19-21-13-15-22(28)16-14-21)25(32)12-9-17-31(36(6,34)35)23-11-8-10-20(2)18-23/h8,10-11,13-16,18,24H,7,9,12,17,19H2,1-6H3,(H,29,33)/t24-/m1/s1. The van der Waals surface area contributed by atoms with E-state index in [2.05, 4.69) is 5.32 Å². The van der Waals surface area contributed by atoms with E-state index in [4.69, 9.17) is 11.6 Å². The maximum atomic E-state index is 13.5. The molecule has 2 amide bonds. The Kier molecular flexibility index (Phi) is 10.4. The molecule has 0 aliphatic heterocycles. The summed E-state index contributed by atoms with van der Waals surface area (Å²) in [6, 6.07) is 13.8. The van der Waals surface area contributed by atoms with Gasteiger partial charge in [-0.2, -0.15) is 0 Å². The summed E-state index contributed by atoms with van der Waals surface area (Å²) in [5, 5.41) is 3.57. The van der Waals surface area contributed by atoms with Gasteiger partial charge in [0.15, 0.2) is 0 Å².